The third-order valence-corrected chi connectivity index (χ3v) is 2.97. The first-order chi connectivity index (χ1) is 8.56. The fourth-order valence-corrected chi connectivity index (χ4v) is 2.47. The Morgan fingerprint density at radius 2 is 2.00 bits per heavy atom. The van der Waals surface area contributed by atoms with E-state index in [2.05, 4.69) is 29.0 Å². The lowest BCUT2D eigenvalue weighted by Crippen LogP contribution is -2.54. The Hall–Kier alpha value is -1.29. The zero-order valence-electron chi connectivity index (χ0n) is 11.7. The number of rotatable bonds is 3. The maximum atomic E-state index is 5.84. The van der Waals surface area contributed by atoms with E-state index in [0.717, 1.165) is 24.7 Å². The molecular formula is C14H23N3O. The predicted molar refractivity (Wildman–Crippen MR) is 74.3 cm³/mol. The molecule has 2 rings (SSSR count). The summed E-state index contributed by atoms with van der Waals surface area (Å²) >= 11 is 0. The van der Waals surface area contributed by atoms with Crippen molar-refractivity contribution in [2.45, 2.75) is 45.9 Å². The van der Waals surface area contributed by atoms with Crippen molar-refractivity contribution in [2.24, 2.45) is 0 Å². The number of pyridine rings is 1. The van der Waals surface area contributed by atoms with Crippen molar-refractivity contribution in [3.05, 3.63) is 18.3 Å². The average Bonchev–Trinajstić information content (AvgIpc) is 2.27. The molecule has 0 bridgehead atoms. The average molecular weight is 249 g/mol. The van der Waals surface area contributed by atoms with Gasteiger partial charge in [-0.2, -0.15) is 0 Å². The number of anilines is 1. The van der Waals surface area contributed by atoms with Gasteiger partial charge in [-0.1, -0.05) is 0 Å². The van der Waals surface area contributed by atoms with Crippen LogP contribution in [0.3, 0.4) is 0 Å². The quantitative estimate of drug-likeness (QED) is 0.889. The van der Waals surface area contributed by atoms with Gasteiger partial charge >= 0.3 is 0 Å². The minimum absolute atomic E-state index is 0.172. The topological polar surface area (TPSA) is 37.4 Å². The molecule has 1 N–H and O–H groups in total. The zero-order valence-corrected chi connectivity index (χ0v) is 11.7. The molecule has 1 aliphatic heterocycles. The van der Waals surface area contributed by atoms with Crippen LogP contribution >= 0.6 is 0 Å². The second kappa shape index (κ2) is 5.57. The number of nitrogens with one attached hydrogen (secondary N) is 1. The Labute approximate surface area is 109 Å². The highest BCUT2D eigenvalue weighted by Gasteiger charge is 2.24. The van der Waals surface area contributed by atoms with Gasteiger partial charge in [0.1, 0.15) is 0 Å². The maximum Gasteiger partial charge on any atom is 0.171 e. The van der Waals surface area contributed by atoms with Crippen LogP contribution in [0.5, 0.6) is 5.75 Å². The third-order valence-electron chi connectivity index (χ3n) is 2.97. The Bertz CT molecular complexity index is 384. The zero-order chi connectivity index (χ0) is 13.1. The minimum atomic E-state index is 0.172. The summed E-state index contributed by atoms with van der Waals surface area (Å²) in [7, 11) is 0. The normalized spacial score (nSPS) is 24.4. The fraction of sp³-hybridized carbons (Fsp3) is 0.643. The van der Waals surface area contributed by atoms with Gasteiger partial charge in [-0.15, -0.1) is 0 Å². The lowest BCUT2D eigenvalue weighted by Gasteiger charge is -2.37. The van der Waals surface area contributed by atoms with E-state index in [4.69, 9.17) is 4.74 Å². The summed E-state index contributed by atoms with van der Waals surface area (Å²) in [6.07, 6.45) is 2.01. The number of hydrogen-bond acceptors (Lipinski definition) is 4. The molecule has 100 valence electrons. The largest absolute Gasteiger partial charge is 0.487 e. The highest BCUT2D eigenvalue weighted by atomic mass is 16.5. The van der Waals surface area contributed by atoms with Crippen LogP contribution in [-0.2, 0) is 0 Å². The van der Waals surface area contributed by atoms with E-state index in [-0.39, 0.29) is 6.10 Å². The van der Waals surface area contributed by atoms with Crippen LogP contribution in [0.1, 0.15) is 27.7 Å². The minimum Gasteiger partial charge on any atom is -0.487 e. The molecule has 2 heterocycles. The molecule has 1 fully saturated rings. The summed E-state index contributed by atoms with van der Waals surface area (Å²) in [4.78, 5) is 6.81. The van der Waals surface area contributed by atoms with Gasteiger partial charge in [-0.25, -0.2) is 4.98 Å². The molecule has 2 atom stereocenters. The number of ether oxygens (including phenoxy) is 1. The monoisotopic (exact) mass is 249 g/mol. The van der Waals surface area contributed by atoms with Crippen LogP contribution in [0.25, 0.3) is 0 Å². The summed E-state index contributed by atoms with van der Waals surface area (Å²) < 4.78 is 5.84. The van der Waals surface area contributed by atoms with Gasteiger partial charge in [0.25, 0.3) is 0 Å². The molecule has 0 radical (unpaired) electrons. The molecule has 0 aliphatic carbocycles. The molecule has 1 aliphatic rings. The van der Waals surface area contributed by atoms with Crippen molar-refractivity contribution in [1.82, 2.24) is 10.3 Å². The van der Waals surface area contributed by atoms with E-state index in [0.29, 0.717) is 12.1 Å². The second-order valence-corrected chi connectivity index (χ2v) is 5.37. The Morgan fingerprint density at radius 3 is 2.61 bits per heavy atom. The predicted octanol–water partition coefficient (Wildman–Crippen LogP) is 2.06. The van der Waals surface area contributed by atoms with E-state index in [9.17, 15) is 0 Å². The summed E-state index contributed by atoms with van der Waals surface area (Å²) in [6.45, 7) is 10.4. The molecule has 18 heavy (non-hydrogen) atoms. The van der Waals surface area contributed by atoms with Crippen LogP contribution < -0.4 is 15.0 Å². The summed E-state index contributed by atoms with van der Waals surface area (Å²) in [6, 6.07) is 4.88. The van der Waals surface area contributed by atoms with Gasteiger partial charge < -0.3 is 15.0 Å². The standard InChI is InChI=1S/C14H23N3O/c1-10(2)18-13-6-5-7-15-14(13)17-8-11(3)16-12(4)9-17/h5-7,10-12,16H,8-9H2,1-4H3. The van der Waals surface area contributed by atoms with E-state index >= 15 is 0 Å². The molecule has 0 spiro atoms. The molecule has 4 heteroatoms. The van der Waals surface area contributed by atoms with Crippen LogP contribution in [0.2, 0.25) is 0 Å². The van der Waals surface area contributed by atoms with Crippen LogP contribution in [-0.4, -0.2) is 36.3 Å². The molecule has 1 aromatic heterocycles. The smallest absolute Gasteiger partial charge is 0.171 e. The van der Waals surface area contributed by atoms with E-state index in [1.807, 2.05) is 32.2 Å². The number of hydrogen-bond donors (Lipinski definition) is 1. The lowest BCUT2D eigenvalue weighted by atomic mass is 10.1. The molecule has 2 unspecified atom stereocenters. The van der Waals surface area contributed by atoms with Crippen LogP contribution in [0.15, 0.2) is 18.3 Å². The van der Waals surface area contributed by atoms with Gasteiger partial charge in [0.2, 0.25) is 0 Å². The number of aromatic nitrogens is 1. The number of nitrogens with zero attached hydrogens (tertiary/aromatic N) is 2. The van der Waals surface area contributed by atoms with Crippen molar-refractivity contribution in [2.75, 3.05) is 18.0 Å². The highest BCUT2D eigenvalue weighted by molar-refractivity contribution is 5.52. The second-order valence-electron chi connectivity index (χ2n) is 5.37. The van der Waals surface area contributed by atoms with Crippen molar-refractivity contribution >= 4 is 5.82 Å². The van der Waals surface area contributed by atoms with Crippen LogP contribution in [0, 0.1) is 0 Å². The Kier molecular flexibility index (Phi) is 4.07. The van der Waals surface area contributed by atoms with Gasteiger partial charge in [0.05, 0.1) is 6.10 Å². The van der Waals surface area contributed by atoms with Gasteiger partial charge in [0.15, 0.2) is 11.6 Å². The molecule has 1 aromatic rings. The van der Waals surface area contributed by atoms with Gasteiger partial charge in [0, 0.05) is 31.4 Å². The van der Waals surface area contributed by atoms with Crippen LogP contribution in [0.4, 0.5) is 5.82 Å². The van der Waals surface area contributed by atoms with E-state index in [1.54, 1.807) is 0 Å². The van der Waals surface area contributed by atoms with Gasteiger partial charge in [-0.05, 0) is 39.8 Å². The first-order valence-electron chi connectivity index (χ1n) is 6.69. The van der Waals surface area contributed by atoms with Crippen molar-refractivity contribution in [3.8, 4) is 5.75 Å². The fourth-order valence-electron chi connectivity index (χ4n) is 2.47. The number of piperazine rings is 1. The third kappa shape index (κ3) is 3.13. The van der Waals surface area contributed by atoms with Crippen molar-refractivity contribution in [3.63, 3.8) is 0 Å². The maximum absolute atomic E-state index is 5.84. The molecular weight excluding hydrogens is 226 g/mol. The summed E-state index contributed by atoms with van der Waals surface area (Å²) in [5.41, 5.74) is 0. The van der Waals surface area contributed by atoms with Gasteiger partial charge in [-0.3, -0.25) is 0 Å². The van der Waals surface area contributed by atoms with E-state index in [1.165, 1.54) is 0 Å². The molecule has 1 saturated heterocycles. The first kappa shape index (κ1) is 13.1. The SMILES string of the molecule is CC1CN(c2ncccc2OC(C)C)CC(C)N1. The summed E-state index contributed by atoms with van der Waals surface area (Å²) in [5, 5.41) is 3.53. The van der Waals surface area contributed by atoms with E-state index < -0.39 is 0 Å². The van der Waals surface area contributed by atoms with Crippen molar-refractivity contribution < 1.29 is 4.74 Å². The Morgan fingerprint density at radius 1 is 1.33 bits per heavy atom. The lowest BCUT2D eigenvalue weighted by molar-refractivity contribution is 0.241. The molecule has 0 saturated carbocycles. The summed E-state index contributed by atoms with van der Waals surface area (Å²) in [5.74, 6) is 1.85. The molecule has 0 amide bonds. The Balaban J connectivity index is 2.21. The molecule has 4 nitrogen and oxygen atoms in total. The highest BCUT2D eigenvalue weighted by Crippen LogP contribution is 2.27. The van der Waals surface area contributed by atoms with Crippen molar-refractivity contribution in [1.29, 1.82) is 0 Å². The molecule has 0 aromatic carbocycles. The first-order valence-corrected chi connectivity index (χ1v) is 6.69.